The van der Waals surface area contributed by atoms with Crippen LogP contribution in [0.25, 0.3) is 22.2 Å². The molecule has 2 aromatic heterocycles. The molecule has 26 heavy (non-hydrogen) atoms. The van der Waals surface area contributed by atoms with Gasteiger partial charge in [-0.15, -0.1) is 0 Å². The second-order valence-corrected chi connectivity index (χ2v) is 6.88. The van der Waals surface area contributed by atoms with Gasteiger partial charge in [0.15, 0.2) is 0 Å². The minimum atomic E-state index is -0.0285. The van der Waals surface area contributed by atoms with Crippen molar-refractivity contribution in [3.63, 3.8) is 0 Å². The molecule has 3 aromatic rings. The van der Waals surface area contributed by atoms with Crippen molar-refractivity contribution in [3.05, 3.63) is 60.4 Å². The summed E-state index contributed by atoms with van der Waals surface area (Å²) in [5.41, 5.74) is 3.25. The minimum Gasteiger partial charge on any atom is -0.348 e. The molecule has 1 unspecified atom stereocenters. The lowest BCUT2D eigenvalue weighted by atomic mass is 10.0. The van der Waals surface area contributed by atoms with E-state index in [1.54, 1.807) is 12.4 Å². The number of carbonyl (C=O) groups excluding carboxylic acids is 1. The van der Waals surface area contributed by atoms with Gasteiger partial charge in [-0.2, -0.15) is 0 Å². The van der Waals surface area contributed by atoms with Gasteiger partial charge >= 0.3 is 0 Å². The van der Waals surface area contributed by atoms with Crippen LogP contribution in [0.5, 0.6) is 0 Å². The monoisotopic (exact) mass is 346 g/mol. The molecule has 5 nitrogen and oxygen atoms in total. The van der Waals surface area contributed by atoms with Crippen molar-refractivity contribution >= 4 is 16.8 Å². The number of amides is 1. The van der Waals surface area contributed by atoms with Gasteiger partial charge in [-0.3, -0.25) is 9.78 Å². The topological polar surface area (TPSA) is 58.1 Å². The molecule has 0 spiro atoms. The van der Waals surface area contributed by atoms with Crippen LogP contribution in [0, 0.1) is 0 Å². The number of benzene rings is 1. The van der Waals surface area contributed by atoms with E-state index in [2.05, 4.69) is 22.2 Å². The lowest BCUT2D eigenvalue weighted by Crippen LogP contribution is -2.46. The van der Waals surface area contributed by atoms with Crippen LogP contribution in [-0.2, 0) is 0 Å². The van der Waals surface area contributed by atoms with Crippen molar-refractivity contribution in [1.29, 1.82) is 0 Å². The molecule has 4 rings (SSSR count). The maximum atomic E-state index is 13.0. The predicted octanol–water partition coefficient (Wildman–Crippen LogP) is 3.12. The number of nitrogens with one attached hydrogen (secondary N) is 1. The summed E-state index contributed by atoms with van der Waals surface area (Å²) in [6.45, 7) is 1.99. The van der Waals surface area contributed by atoms with Crippen molar-refractivity contribution in [2.24, 2.45) is 0 Å². The van der Waals surface area contributed by atoms with E-state index in [0.29, 0.717) is 5.56 Å². The molecule has 0 saturated carbocycles. The smallest absolute Gasteiger partial charge is 0.252 e. The van der Waals surface area contributed by atoms with Gasteiger partial charge in [0.05, 0.1) is 16.8 Å². The van der Waals surface area contributed by atoms with Gasteiger partial charge in [0.25, 0.3) is 5.91 Å². The molecule has 3 heterocycles. The largest absolute Gasteiger partial charge is 0.348 e. The van der Waals surface area contributed by atoms with Crippen LogP contribution in [0.3, 0.4) is 0 Å². The highest BCUT2D eigenvalue weighted by molar-refractivity contribution is 6.07. The average molecular weight is 346 g/mol. The molecule has 1 N–H and O–H groups in total. The lowest BCUT2D eigenvalue weighted by molar-refractivity contribution is 0.0914. The SMILES string of the molecule is CN1CCCC(NC(=O)c2cc(-c3ccncc3)nc3ccccc23)C1. The molecule has 1 fully saturated rings. The Bertz CT molecular complexity index is 926. The molecule has 132 valence electrons. The fourth-order valence-corrected chi connectivity index (χ4v) is 3.58. The Hall–Kier alpha value is -2.79. The van der Waals surface area contributed by atoms with Gasteiger partial charge < -0.3 is 10.2 Å². The summed E-state index contributed by atoms with van der Waals surface area (Å²) in [4.78, 5) is 24.1. The number of rotatable bonds is 3. The molecule has 1 amide bonds. The maximum Gasteiger partial charge on any atom is 0.252 e. The van der Waals surface area contributed by atoms with E-state index < -0.39 is 0 Å². The Balaban J connectivity index is 1.72. The maximum absolute atomic E-state index is 13.0. The van der Waals surface area contributed by atoms with Crippen LogP contribution >= 0.6 is 0 Å². The van der Waals surface area contributed by atoms with Gasteiger partial charge in [0.1, 0.15) is 0 Å². The van der Waals surface area contributed by atoms with Gasteiger partial charge in [-0.1, -0.05) is 18.2 Å². The van der Waals surface area contributed by atoms with Gasteiger partial charge in [0.2, 0.25) is 0 Å². The molecule has 0 radical (unpaired) electrons. The number of likely N-dealkylation sites (tertiary alicyclic amines) is 1. The first-order valence-electron chi connectivity index (χ1n) is 9.00. The molecule has 0 aliphatic carbocycles. The zero-order valence-corrected chi connectivity index (χ0v) is 14.9. The van der Waals surface area contributed by atoms with Crippen molar-refractivity contribution in [1.82, 2.24) is 20.2 Å². The number of hydrogen-bond acceptors (Lipinski definition) is 4. The number of fused-ring (bicyclic) bond motifs is 1. The number of likely N-dealkylation sites (N-methyl/N-ethyl adjacent to an activating group) is 1. The molecule has 1 atom stereocenters. The van der Waals surface area contributed by atoms with Crippen LogP contribution in [0.2, 0.25) is 0 Å². The number of pyridine rings is 2. The summed E-state index contributed by atoms with van der Waals surface area (Å²) in [5, 5.41) is 4.10. The summed E-state index contributed by atoms with van der Waals surface area (Å²) in [6, 6.07) is 13.7. The average Bonchev–Trinajstić information content (AvgIpc) is 2.68. The van der Waals surface area contributed by atoms with Gasteiger partial charge in [0, 0.05) is 35.9 Å². The molecule has 0 bridgehead atoms. The minimum absolute atomic E-state index is 0.0285. The zero-order valence-electron chi connectivity index (χ0n) is 14.9. The lowest BCUT2D eigenvalue weighted by Gasteiger charge is -2.30. The van der Waals surface area contributed by atoms with E-state index in [0.717, 1.165) is 48.1 Å². The van der Waals surface area contributed by atoms with Crippen molar-refractivity contribution in [2.45, 2.75) is 18.9 Å². The number of hydrogen-bond donors (Lipinski definition) is 1. The molecule has 1 saturated heterocycles. The highest BCUT2D eigenvalue weighted by atomic mass is 16.1. The summed E-state index contributed by atoms with van der Waals surface area (Å²) in [7, 11) is 2.10. The Morgan fingerprint density at radius 1 is 1.19 bits per heavy atom. The first-order valence-corrected chi connectivity index (χ1v) is 9.00. The van der Waals surface area contributed by atoms with E-state index >= 15 is 0 Å². The van der Waals surface area contributed by atoms with E-state index in [1.807, 2.05) is 42.5 Å². The molecule has 1 aliphatic heterocycles. The number of para-hydroxylation sites is 1. The van der Waals surface area contributed by atoms with E-state index in [4.69, 9.17) is 4.98 Å². The summed E-state index contributed by atoms with van der Waals surface area (Å²) < 4.78 is 0. The second-order valence-electron chi connectivity index (χ2n) is 6.88. The summed E-state index contributed by atoms with van der Waals surface area (Å²) >= 11 is 0. The molecule has 1 aromatic carbocycles. The third-order valence-corrected chi connectivity index (χ3v) is 4.90. The molecule has 5 heteroatoms. The number of aromatic nitrogens is 2. The highest BCUT2D eigenvalue weighted by Crippen LogP contribution is 2.24. The van der Waals surface area contributed by atoms with Crippen LogP contribution in [-0.4, -0.2) is 47.0 Å². The molecule has 1 aliphatic rings. The van der Waals surface area contributed by atoms with Crippen molar-refractivity contribution < 1.29 is 4.79 Å². The highest BCUT2D eigenvalue weighted by Gasteiger charge is 2.21. The Morgan fingerprint density at radius 2 is 2.00 bits per heavy atom. The molecular weight excluding hydrogens is 324 g/mol. The first kappa shape index (κ1) is 16.7. The van der Waals surface area contributed by atoms with E-state index in [9.17, 15) is 4.79 Å². The predicted molar refractivity (Wildman–Crippen MR) is 103 cm³/mol. The van der Waals surface area contributed by atoms with Crippen LogP contribution < -0.4 is 5.32 Å². The van der Waals surface area contributed by atoms with Crippen molar-refractivity contribution in [3.8, 4) is 11.3 Å². The number of piperidine rings is 1. The van der Waals surface area contributed by atoms with Crippen LogP contribution in [0.1, 0.15) is 23.2 Å². The van der Waals surface area contributed by atoms with Crippen LogP contribution in [0.15, 0.2) is 54.9 Å². The van der Waals surface area contributed by atoms with Crippen molar-refractivity contribution in [2.75, 3.05) is 20.1 Å². The Morgan fingerprint density at radius 3 is 2.81 bits per heavy atom. The van der Waals surface area contributed by atoms with Crippen LogP contribution in [0.4, 0.5) is 0 Å². The van der Waals surface area contributed by atoms with E-state index in [1.165, 1.54) is 0 Å². The zero-order chi connectivity index (χ0) is 17.9. The first-order chi connectivity index (χ1) is 12.7. The fourth-order valence-electron chi connectivity index (χ4n) is 3.58. The Labute approximate surface area is 153 Å². The fraction of sp³-hybridized carbons (Fsp3) is 0.286. The van der Waals surface area contributed by atoms with Gasteiger partial charge in [-0.05, 0) is 50.7 Å². The number of nitrogens with zero attached hydrogens (tertiary/aromatic N) is 3. The van der Waals surface area contributed by atoms with Gasteiger partial charge in [-0.25, -0.2) is 4.98 Å². The summed E-state index contributed by atoms with van der Waals surface area (Å²) in [6.07, 6.45) is 5.62. The quantitative estimate of drug-likeness (QED) is 0.792. The summed E-state index contributed by atoms with van der Waals surface area (Å²) in [5.74, 6) is -0.0285. The standard InChI is InChI=1S/C21H22N4O/c1-25-12-4-5-16(14-25)23-21(26)18-13-20(15-8-10-22-11-9-15)24-19-7-3-2-6-17(18)19/h2-3,6-11,13,16H,4-5,12,14H2,1H3,(H,23,26). The number of carbonyl (C=O) groups is 1. The normalized spacial score (nSPS) is 18.0. The third-order valence-electron chi connectivity index (χ3n) is 4.90. The Kier molecular flexibility index (Phi) is 4.63. The third kappa shape index (κ3) is 3.44. The molecular formula is C21H22N4O. The van der Waals surface area contributed by atoms with E-state index in [-0.39, 0.29) is 11.9 Å². The second kappa shape index (κ2) is 7.22.